The third kappa shape index (κ3) is 2.33. The minimum Gasteiger partial charge on any atom is -0.383 e. The fourth-order valence-corrected chi connectivity index (χ4v) is 3.07. The van der Waals surface area contributed by atoms with E-state index in [9.17, 15) is 0 Å². The first-order chi connectivity index (χ1) is 8.74. The molecule has 1 unspecified atom stereocenters. The Balaban J connectivity index is 1.68. The van der Waals surface area contributed by atoms with Crippen LogP contribution < -0.4 is 11.1 Å². The summed E-state index contributed by atoms with van der Waals surface area (Å²) in [5.41, 5.74) is 7.17. The number of nitrogen functional groups attached to an aromatic ring is 1. The van der Waals surface area contributed by atoms with Crippen LogP contribution in [0.2, 0.25) is 0 Å². The van der Waals surface area contributed by atoms with E-state index in [2.05, 4.69) is 26.2 Å². The van der Waals surface area contributed by atoms with Crippen molar-refractivity contribution >= 4 is 22.4 Å². The molecule has 0 saturated heterocycles. The number of anilines is 2. The quantitative estimate of drug-likeness (QED) is 0.868. The van der Waals surface area contributed by atoms with Gasteiger partial charge in [-0.05, 0) is 37.2 Å². The topological polar surface area (TPSA) is 68.8 Å². The lowest BCUT2D eigenvalue weighted by Crippen LogP contribution is -2.21. The van der Waals surface area contributed by atoms with Gasteiger partial charge >= 0.3 is 0 Å². The maximum Gasteiger partial charge on any atom is 0.142 e. The number of nitrogens with one attached hydrogen (secondary N) is 1. The van der Waals surface area contributed by atoms with E-state index in [1.54, 1.807) is 6.20 Å². The number of nitrogens with two attached hydrogens (primary N) is 1. The molecule has 0 aliphatic heterocycles. The van der Waals surface area contributed by atoms with Crippen LogP contribution >= 0.6 is 11.5 Å². The van der Waals surface area contributed by atoms with E-state index in [0.717, 1.165) is 11.5 Å². The van der Waals surface area contributed by atoms with Crippen molar-refractivity contribution in [2.45, 2.75) is 38.3 Å². The molecule has 18 heavy (non-hydrogen) atoms. The van der Waals surface area contributed by atoms with E-state index in [-0.39, 0.29) is 0 Å². The van der Waals surface area contributed by atoms with Crippen molar-refractivity contribution in [2.24, 2.45) is 0 Å². The average Bonchev–Trinajstić information content (AvgIpc) is 2.91. The molecule has 3 N–H and O–H groups in total. The summed E-state index contributed by atoms with van der Waals surface area (Å²) in [6.07, 6.45) is 8.09. The predicted molar refractivity (Wildman–Crippen MR) is 73.8 cm³/mol. The normalized spacial score (nSPS) is 16.7. The van der Waals surface area contributed by atoms with E-state index >= 15 is 0 Å². The van der Waals surface area contributed by atoms with Crippen LogP contribution in [0.25, 0.3) is 0 Å². The lowest BCUT2D eigenvalue weighted by atomic mass is 10.2. The molecule has 96 valence electrons. The Morgan fingerprint density at radius 2 is 2.44 bits per heavy atom. The molecule has 2 aromatic heterocycles. The molecule has 0 aromatic carbocycles. The van der Waals surface area contributed by atoms with Gasteiger partial charge < -0.3 is 15.6 Å². The van der Waals surface area contributed by atoms with Gasteiger partial charge in [0.2, 0.25) is 0 Å². The molecule has 1 saturated carbocycles. The average molecular weight is 263 g/mol. The first-order valence-corrected chi connectivity index (χ1v) is 6.98. The molecule has 1 atom stereocenters. The maximum atomic E-state index is 5.94. The highest BCUT2D eigenvalue weighted by atomic mass is 32.1. The van der Waals surface area contributed by atoms with Crippen LogP contribution in [0.4, 0.5) is 10.8 Å². The van der Waals surface area contributed by atoms with Crippen molar-refractivity contribution in [1.29, 1.82) is 0 Å². The third-order valence-electron chi connectivity index (χ3n) is 3.16. The summed E-state index contributed by atoms with van der Waals surface area (Å²) < 4.78 is 6.33. The fraction of sp³-hybridized carbons (Fsp3) is 0.500. The molecule has 1 aliphatic carbocycles. The zero-order valence-electron chi connectivity index (χ0n) is 10.3. The highest BCUT2D eigenvalue weighted by Gasteiger charge is 2.30. The second-order valence-corrected chi connectivity index (χ2v) is 5.66. The van der Waals surface area contributed by atoms with Gasteiger partial charge in [-0.25, -0.2) is 4.98 Å². The van der Waals surface area contributed by atoms with Gasteiger partial charge in [0.15, 0.2) is 0 Å². The van der Waals surface area contributed by atoms with Gasteiger partial charge in [0, 0.05) is 30.5 Å². The van der Waals surface area contributed by atoms with E-state index in [4.69, 9.17) is 5.73 Å². The number of hydrogen-bond acceptors (Lipinski definition) is 5. The lowest BCUT2D eigenvalue weighted by molar-refractivity contribution is 0.619. The largest absolute Gasteiger partial charge is 0.383 e. The summed E-state index contributed by atoms with van der Waals surface area (Å²) in [7, 11) is 0. The molecule has 1 aliphatic rings. The summed E-state index contributed by atoms with van der Waals surface area (Å²) >= 11 is 1.47. The van der Waals surface area contributed by atoms with Crippen LogP contribution in [0.3, 0.4) is 0 Å². The van der Waals surface area contributed by atoms with Crippen LogP contribution in [0.15, 0.2) is 18.7 Å². The summed E-state index contributed by atoms with van der Waals surface area (Å²) in [4.78, 5) is 4.05. The Bertz CT molecular complexity index is 515. The monoisotopic (exact) mass is 263 g/mol. The Morgan fingerprint density at radius 1 is 1.61 bits per heavy atom. The summed E-state index contributed by atoms with van der Waals surface area (Å²) in [5, 5.41) is 4.66. The summed E-state index contributed by atoms with van der Waals surface area (Å²) in [5.74, 6) is 1.34. The Labute approximate surface area is 110 Å². The van der Waals surface area contributed by atoms with Gasteiger partial charge in [-0.2, -0.15) is 4.37 Å². The first-order valence-electron chi connectivity index (χ1n) is 6.21. The smallest absolute Gasteiger partial charge is 0.142 e. The van der Waals surface area contributed by atoms with Crippen LogP contribution in [-0.2, 0) is 6.54 Å². The van der Waals surface area contributed by atoms with Gasteiger partial charge in [0.1, 0.15) is 10.8 Å². The van der Waals surface area contributed by atoms with E-state index in [0.29, 0.717) is 17.8 Å². The van der Waals surface area contributed by atoms with Crippen molar-refractivity contribution in [2.75, 3.05) is 11.1 Å². The first kappa shape index (κ1) is 11.5. The number of nitrogens with zero attached hydrogens (tertiary/aromatic N) is 3. The maximum absolute atomic E-state index is 5.94. The summed E-state index contributed by atoms with van der Waals surface area (Å²) in [6, 6.07) is 0.330. The molecule has 6 heteroatoms. The molecule has 0 radical (unpaired) electrons. The van der Waals surface area contributed by atoms with E-state index in [1.165, 1.54) is 29.9 Å². The van der Waals surface area contributed by atoms with Gasteiger partial charge in [0.25, 0.3) is 0 Å². The Hall–Kier alpha value is -1.56. The minimum atomic E-state index is 0.330. The van der Waals surface area contributed by atoms with Crippen LogP contribution in [-0.4, -0.2) is 20.0 Å². The van der Waals surface area contributed by atoms with E-state index in [1.807, 2.05) is 12.5 Å². The van der Waals surface area contributed by atoms with Crippen molar-refractivity contribution in [3.05, 3.63) is 24.3 Å². The molecule has 0 spiro atoms. The van der Waals surface area contributed by atoms with Gasteiger partial charge in [-0.3, -0.25) is 0 Å². The van der Waals surface area contributed by atoms with Gasteiger partial charge in [0.05, 0.1) is 6.33 Å². The molecule has 5 nitrogen and oxygen atoms in total. The number of hydrogen-bond donors (Lipinski definition) is 2. The van der Waals surface area contributed by atoms with Crippen molar-refractivity contribution in [1.82, 2.24) is 13.9 Å². The number of aromatic nitrogens is 3. The lowest BCUT2D eigenvalue weighted by Gasteiger charge is -2.15. The highest BCUT2D eigenvalue weighted by molar-refractivity contribution is 7.10. The second kappa shape index (κ2) is 4.61. The molecular formula is C12H17N5S. The number of imidazole rings is 1. The zero-order valence-corrected chi connectivity index (χ0v) is 11.2. The zero-order chi connectivity index (χ0) is 12.5. The van der Waals surface area contributed by atoms with Crippen molar-refractivity contribution < 1.29 is 0 Å². The number of rotatable bonds is 5. The van der Waals surface area contributed by atoms with Crippen LogP contribution in [0.5, 0.6) is 0 Å². The Morgan fingerprint density at radius 3 is 3.11 bits per heavy atom. The van der Waals surface area contributed by atoms with E-state index < -0.39 is 0 Å². The molecular weight excluding hydrogens is 246 g/mol. The predicted octanol–water partition coefficient (Wildman–Crippen LogP) is 2.30. The molecule has 0 amide bonds. The standard InChI is InChI=1S/C12H17N5S/c1-8(6-17-5-4-14-7-17)15-12-10(9-2-3-9)11(13)16-18-12/h4-5,7-9,15H,2-3,6H2,1H3,(H2,13,16). The summed E-state index contributed by atoms with van der Waals surface area (Å²) in [6.45, 7) is 3.05. The van der Waals surface area contributed by atoms with Gasteiger partial charge in [-0.1, -0.05) is 0 Å². The van der Waals surface area contributed by atoms with Crippen LogP contribution in [0.1, 0.15) is 31.2 Å². The molecule has 2 heterocycles. The minimum absolute atomic E-state index is 0.330. The SMILES string of the molecule is CC(Cn1ccnc1)Nc1snc(N)c1C1CC1. The van der Waals surface area contributed by atoms with Crippen molar-refractivity contribution in [3.8, 4) is 0 Å². The van der Waals surface area contributed by atoms with Crippen molar-refractivity contribution in [3.63, 3.8) is 0 Å². The third-order valence-corrected chi connectivity index (χ3v) is 3.97. The fourth-order valence-electron chi connectivity index (χ4n) is 2.16. The van der Waals surface area contributed by atoms with Gasteiger partial charge in [-0.15, -0.1) is 0 Å². The highest BCUT2D eigenvalue weighted by Crippen LogP contribution is 2.47. The molecule has 1 fully saturated rings. The molecule has 3 rings (SSSR count). The molecule has 0 bridgehead atoms. The second-order valence-electron chi connectivity index (χ2n) is 4.89. The molecule has 2 aromatic rings. The Kier molecular flexibility index (Phi) is 2.95. The van der Waals surface area contributed by atoms with Crippen LogP contribution in [0, 0.1) is 0 Å².